The molecule has 4 nitrogen and oxygen atoms in total. The van der Waals surface area contributed by atoms with E-state index in [0.29, 0.717) is 11.3 Å². The van der Waals surface area contributed by atoms with E-state index in [1.54, 1.807) is 0 Å². The highest BCUT2D eigenvalue weighted by Crippen LogP contribution is 2.39. The summed E-state index contributed by atoms with van der Waals surface area (Å²) < 4.78 is 0. The molecule has 0 aromatic heterocycles. The maximum atomic E-state index is 12.2. The molecule has 0 saturated heterocycles. The number of carboxylic acids is 1. The van der Waals surface area contributed by atoms with Gasteiger partial charge in [-0.1, -0.05) is 34.6 Å². The summed E-state index contributed by atoms with van der Waals surface area (Å²) in [6.45, 7) is 10.4. The molecule has 1 saturated carbocycles. The molecule has 0 bridgehead atoms. The van der Waals surface area contributed by atoms with Crippen molar-refractivity contribution in [1.29, 1.82) is 0 Å². The molecule has 0 radical (unpaired) electrons. The largest absolute Gasteiger partial charge is 0.480 e. The third-order valence-electron chi connectivity index (χ3n) is 4.55. The molecular weight excluding hydrogens is 254 g/mol. The molecule has 0 aliphatic heterocycles. The van der Waals surface area contributed by atoms with Crippen LogP contribution in [0.5, 0.6) is 0 Å². The number of carbonyl (C=O) groups is 2. The first-order valence-corrected chi connectivity index (χ1v) is 7.66. The van der Waals surface area contributed by atoms with Crippen molar-refractivity contribution in [3.05, 3.63) is 0 Å². The Morgan fingerprint density at radius 2 is 1.60 bits per heavy atom. The van der Waals surface area contributed by atoms with Gasteiger partial charge in [0.25, 0.3) is 0 Å². The Hall–Kier alpha value is -1.06. The van der Waals surface area contributed by atoms with Crippen LogP contribution >= 0.6 is 0 Å². The van der Waals surface area contributed by atoms with Crippen LogP contribution in [0.25, 0.3) is 0 Å². The van der Waals surface area contributed by atoms with Crippen LogP contribution in [0.15, 0.2) is 0 Å². The van der Waals surface area contributed by atoms with E-state index < -0.39 is 12.0 Å². The highest BCUT2D eigenvalue weighted by Gasteiger charge is 2.34. The summed E-state index contributed by atoms with van der Waals surface area (Å²) >= 11 is 0. The number of aliphatic carboxylic acids is 1. The molecule has 0 unspecified atom stereocenters. The van der Waals surface area contributed by atoms with Gasteiger partial charge in [-0.05, 0) is 42.9 Å². The number of rotatable bonds is 4. The van der Waals surface area contributed by atoms with Gasteiger partial charge in [-0.3, -0.25) is 4.79 Å². The zero-order valence-electron chi connectivity index (χ0n) is 13.4. The van der Waals surface area contributed by atoms with Crippen molar-refractivity contribution >= 4 is 11.9 Å². The lowest BCUT2D eigenvalue weighted by molar-refractivity contribution is -0.144. The first-order chi connectivity index (χ1) is 9.12. The lowest BCUT2D eigenvalue weighted by Crippen LogP contribution is -2.47. The second-order valence-corrected chi connectivity index (χ2v) is 7.48. The smallest absolute Gasteiger partial charge is 0.326 e. The average molecular weight is 283 g/mol. The molecule has 0 aromatic carbocycles. The topological polar surface area (TPSA) is 66.4 Å². The number of amides is 1. The summed E-state index contributed by atoms with van der Waals surface area (Å²) in [6, 6.07) is -0.775. The van der Waals surface area contributed by atoms with E-state index in [1.165, 1.54) is 0 Å². The molecule has 0 heterocycles. The van der Waals surface area contributed by atoms with Gasteiger partial charge < -0.3 is 10.4 Å². The predicted molar refractivity (Wildman–Crippen MR) is 79.3 cm³/mol. The van der Waals surface area contributed by atoms with Gasteiger partial charge >= 0.3 is 5.97 Å². The van der Waals surface area contributed by atoms with Crippen molar-refractivity contribution in [3.8, 4) is 0 Å². The third kappa shape index (κ3) is 4.50. The second-order valence-electron chi connectivity index (χ2n) is 7.48. The number of carbonyl (C=O) groups excluding carboxylic acids is 1. The molecule has 1 amide bonds. The Morgan fingerprint density at radius 1 is 1.10 bits per heavy atom. The van der Waals surface area contributed by atoms with Crippen LogP contribution in [-0.2, 0) is 9.59 Å². The Morgan fingerprint density at radius 3 is 1.95 bits per heavy atom. The summed E-state index contributed by atoms with van der Waals surface area (Å²) in [5.74, 6) is -0.487. The lowest BCUT2D eigenvalue weighted by atomic mass is 9.69. The third-order valence-corrected chi connectivity index (χ3v) is 4.55. The van der Waals surface area contributed by atoms with Gasteiger partial charge in [0, 0.05) is 5.92 Å². The minimum atomic E-state index is -0.947. The maximum Gasteiger partial charge on any atom is 0.326 e. The fraction of sp³-hybridized carbons (Fsp3) is 0.875. The SMILES string of the molecule is CC(C)[C@@H](NC(=O)C1CCC(C(C)(C)C)CC1)C(=O)O. The summed E-state index contributed by atoms with van der Waals surface area (Å²) in [7, 11) is 0. The normalized spacial score (nSPS) is 25.3. The van der Waals surface area contributed by atoms with Gasteiger partial charge in [0.2, 0.25) is 5.91 Å². The molecule has 1 rings (SSSR count). The van der Waals surface area contributed by atoms with Crippen molar-refractivity contribution in [2.45, 2.75) is 66.3 Å². The van der Waals surface area contributed by atoms with Crippen LogP contribution in [0.2, 0.25) is 0 Å². The average Bonchev–Trinajstić information content (AvgIpc) is 2.34. The molecule has 4 heteroatoms. The quantitative estimate of drug-likeness (QED) is 0.833. The van der Waals surface area contributed by atoms with Gasteiger partial charge in [0.05, 0.1) is 0 Å². The summed E-state index contributed by atoms with van der Waals surface area (Å²) in [4.78, 5) is 23.3. The van der Waals surface area contributed by atoms with Crippen molar-refractivity contribution in [2.75, 3.05) is 0 Å². The second kappa shape index (κ2) is 6.59. The standard InChI is InChI=1S/C16H29NO3/c1-10(2)13(15(19)20)17-14(18)11-6-8-12(9-7-11)16(3,4)5/h10-13H,6-9H2,1-5H3,(H,17,18)(H,19,20)/t11?,12?,13-/m1/s1. The van der Waals surface area contributed by atoms with E-state index in [0.717, 1.165) is 25.7 Å². The molecule has 0 aromatic rings. The zero-order valence-corrected chi connectivity index (χ0v) is 13.4. The number of hydrogen-bond acceptors (Lipinski definition) is 2. The van der Waals surface area contributed by atoms with Crippen molar-refractivity contribution in [3.63, 3.8) is 0 Å². The molecule has 1 aliphatic carbocycles. The number of hydrogen-bond donors (Lipinski definition) is 2. The van der Waals surface area contributed by atoms with E-state index in [4.69, 9.17) is 5.11 Å². The zero-order chi connectivity index (χ0) is 15.5. The highest BCUT2D eigenvalue weighted by molar-refractivity contribution is 5.85. The summed E-state index contributed by atoms with van der Waals surface area (Å²) in [5.41, 5.74) is 0.295. The first kappa shape index (κ1) is 17.0. The molecule has 1 fully saturated rings. The molecule has 20 heavy (non-hydrogen) atoms. The van der Waals surface area contributed by atoms with Crippen LogP contribution in [0.3, 0.4) is 0 Å². The van der Waals surface area contributed by atoms with E-state index in [9.17, 15) is 9.59 Å². The molecule has 2 N–H and O–H groups in total. The molecule has 1 atom stereocenters. The van der Waals surface area contributed by atoms with Gasteiger partial charge in [0.15, 0.2) is 0 Å². The minimum absolute atomic E-state index is 0.0193. The molecule has 0 spiro atoms. The van der Waals surface area contributed by atoms with E-state index in [1.807, 2.05) is 13.8 Å². The van der Waals surface area contributed by atoms with Crippen LogP contribution in [0.4, 0.5) is 0 Å². The van der Waals surface area contributed by atoms with Crippen LogP contribution in [0.1, 0.15) is 60.3 Å². The van der Waals surface area contributed by atoms with Crippen molar-refractivity contribution < 1.29 is 14.7 Å². The van der Waals surface area contributed by atoms with E-state index in [2.05, 4.69) is 26.1 Å². The molecule has 116 valence electrons. The Labute approximate surface area is 122 Å². The Balaban J connectivity index is 2.53. The molecular formula is C16H29NO3. The van der Waals surface area contributed by atoms with Crippen molar-refractivity contribution in [2.24, 2.45) is 23.2 Å². The molecule has 1 aliphatic rings. The minimum Gasteiger partial charge on any atom is -0.480 e. The van der Waals surface area contributed by atoms with Crippen LogP contribution in [-0.4, -0.2) is 23.0 Å². The summed E-state index contributed by atoms with van der Waals surface area (Å²) in [5, 5.41) is 11.8. The van der Waals surface area contributed by atoms with E-state index in [-0.39, 0.29) is 17.7 Å². The van der Waals surface area contributed by atoms with Gasteiger partial charge in [0.1, 0.15) is 6.04 Å². The predicted octanol–water partition coefficient (Wildman–Crippen LogP) is 3.06. The van der Waals surface area contributed by atoms with Gasteiger partial charge in [-0.25, -0.2) is 4.79 Å². The monoisotopic (exact) mass is 283 g/mol. The Bertz CT molecular complexity index is 349. The van der Waals surface area contributed by atoms with Crippen LogP contribution in [0, 0.1) is 23.2 Å². The fourth-order valence-corrected chi connectivity index (χ4v) is 3.01. The lowest BCUT2D eigenvalue weighted by Gasteiger charge is -2.36. The van der Waals surface area contributed by atoms with Crippen LogP contribution < -0.4 is 5.32 Å². The van der Waals surface area contributed by atoms with E-state index >= 15 is 0 Å². The maximum absolute atomic E-state index is 12.2. The highest BCUT2D eigenvalue weighted by atomic mass is 16.4. The van der Waals surface area contributed by atoms with Crippen molar-refractivity contribution in [1.82, 2.24) is 5.32 Å². The fourth-order valence-electron chi connectivity index (χ4n) is 3.01. The van der Waals surface area contributed by atoms with Gasteiger partial charge in [-0.15, -0.1) is 0 Å². The first-order valence-electron chi connectivity index (χ1n) is 7.66. The Kier molecular flexibility index (Phi) is 5.60. The number of carboxylic acid groups (broad SMARTS) is 1. The van der Waals surface area contributed by atoms with Gasteiger partial charge in [-0.2, -0.15) is 0 Å². The summed E-state index contributed by atoms with van der Waals surface area (Å²) in [6.07, 6.45) is 3.86. The number of nitrogens with one attached hydrogen (secondary N) is 1.